The molecule has 1 aliphatic heterocycles. The Morgan fingerprint density at radius 3 is 2.36 bits per heavy atom. The van der Waals surface area contributed by atoms with Crippen LogP contribution in [0.5, 0.6) is 0 Å². The maximum atomic E-state index is 12.8. The first kappa shape index (κ1) is 21.8. The molecule has 2 aromatic rings. The summed E-state index contributed by atoms with van der Waals surface area (Å²) in [5.41, 5.74) is 4.68. The molecule has 172 valence electrons. The van der Waals surface area contributed by atoms with Gasteiger partial charge in [-0.05, 0) is 41.5 Å². The Morgan fingerprint density at radius 1 is 1.03 bits per heavy atom. The number of carbonyl (C=O) groups is 3. The second kappa shape index (κ2) is 9.09. The zero-order valence-electron chi connectivity index (χ0n) is 18.1. The van der Waals surface area contributed by atoms with Gasteiger partial charge in [-0.15, -0.1) is 11.8 Å². The Labute approximate surface area is 196 Å². The van der Waals surface area contributed by atoms with E-state index in [0.717, 1.165) is 11.1 Å². The molecule has 0 bridgehead atoms. The van der Waals surface area contributed by atoms with Crippen LogP contribution in [0.1, 0.15) is 36.3 Å². The van der Waals surface area contributed by atoms with E-state index in [4.69, 9.17) is 4.74 Å². The highest BCUT2D eigenvalue weighted by molar-refractivity contribution is 7.99. The van der Waals surface area contributed by atoms with Crippen LogP contribution < -0.4 is 5.32 Å². The molecule has 1 heterocycles. The number of hydrogen-bond donors (Lipinski definition) is 2. The van der Waals surface area contributed by atoms with E-state index in [-0.39, 0.29) is 30.4 Å². The van der Waals surface area contributed by atoms with Crippen molar-refractivity contribution in [2.75, 3.05) is 18.2 Å². The third-order valence-corrected chi connectivity index (χ3v) is 7.91. The van der Waals surface area contributed by atoms with E-state index in [1.54, 1.807) is 0 Å². The van der Waals surface area contributed by atoms with Crippen molar-refractivity contribution in [2.45, 2.75) is 37.3 Å². The number of rotatable bonds is 5. The van der Waals surface area contributed by atoms with Gasteiger partial charge in [0.1, 0.15) is 12.6 Å². The average molecular weight is 467 g/mol. The van der Waals surface area contributed by atoms with Crippen molar-refractivity contribution in [3.05, 3.63) is 59.7 Å². The highest BCUT2D eigenvalue weighted by atomic mass is 32.2. The fourth-order valence-electron chi connectivity index (χ4n) is 5.24. The van der Waals surface area contributed by atoms with E-state index < -0.39 is 18.1 Å². The molecular weight excluding hydrogens is 440 g/mol. The number of fused-ring (bicyclic) bond motifs is 3. The number of carbonyl (C=O) groups excluding carboxylic acids is 2. The molecule has 3 atom stereocenters. The Hall–Kier alpha value is -3.00. The van der Waals surface area contributed by atoms with E-state index in [1.165, 1.54) is 27.8 Å². The molecule has 2 fully saturated rings. The fourth-order valence-corrected chi connectivity index (χ4v) is 6.40. The van der Waals surface area contributed by atoms with Crippen LogP contribution in [0.4, 0.5) is 4.79 Å². The molecule has 1 saturated heterocycles. The maximum absolute atomic E-state index is 12.8. The molecule has 2 amide bonds. The van der Waals surface area contributed by atoms with Crippen LogP contribution in [-0.4, -0.2) is 58.3 Å². The number of alkyl carbamates (subject to hydrolysis) is 1. The van der Waals surface area contributed by atoms with Crippen molar-refractivity contribution >= 4 is 29.7 Å². The van der Waals surface area contributed by atoms with Crippen molar-refractivity contribution in [2.24, 2.45) is 5.92 Å². The molecule has 2 aromatic carbocycles. The maximum Gasteiger partial charge on any atom is 0.407 e. The van der Waals surface area contributed by atoms with E-state index in [1.807, 2.05) is 24.3 Å². The van der Waals surface area contributed by atoms with Crippen LogP contribution >= 0.6 is 11.8 Å². The van der Waals surface area contributed by atoms with E-state index in [2.05, 4.69) is 29.6 Å². The first-order chi connectivity index (χ1) is 16.0. The molecule has 0 radical (unpaired) electrons. The second-order valence-corrected chi connectivity index (χ2v) is 9.84. The predicted octanol–water partition coefficient (Wildman–Crippen LogP) is 3.68. The number of carboxylic acids is 1. The molecule has 1 saturated carbocycles. The molecule has 3 aliphatic rings. The normalized spacial score (nSPS) is 23.8. The van der Waals surface area contributed by atoms with Gasteiger partial charge >= 0.3 is 12.1 Å². The van der Waals surface area contributed by atoms with Crippen LogP contribution in [0.2, 0.25) is 0 Å². The van der Waals surface area contributed by atoms with Gasteiger partial charge in [0, 0.05) is 23.6 Å². The Morgan fingerprint density at radius 2 is 1.70 bits per heavy atom. The summed E-state index contributed by atoms with van der Waals surface area (Å²) in [6.45, 7) is 0.250. The lowest BCUT2D eigenvalue weighted by Gasteiger charge is -2.24. The third kappa shape index (κ3) is 4.19. The summed E-state index contributed by atoms with van der Waals surface area (Å²) in [4.78, 5) is 38.2. The zero-order valence-corrected chi connectivity index (χ0v) is 18.9. The SMILES string of the molecule is O=C(N[C@@H]1CC[C@H](C(=O)N2CSCC2C(=O)O)C1)OCC1c2ccccc2-c2ccccc21. The lowest BCUT2D eigenvalue weighted by Crippen LogP contribution is -2.44. The van der Waals surface area contributed by atoms with Gasteiger partial charge in [0.15, 0.2) is 0 Å². The number of thioether (sulfide) groups is 1. The van der Waals surface area contributed by atoms with Gasteiger partial charge in [-0.1, -0.05) is 48.5 Å². The standard InChI is InChI=1S/C25H26N2O5S/c28-23(27-14-33-13-22(27)24(29)30)15-9-10-16(11-15)26-25(31)32-12-21-19-7-3-1-5-17(19)18-6-2-4-8-20(18)21/h1-8,15-16,21-22H,9-14H2,(H,26,31)(H,29,30)/t15-,16+,22?/m0/s1. The molecule has 33 heavy (non-hydrogen) atoms. The number of nitrogens with zero attached hydrogens (tertiary/aromatic N) is 1. The topological polar surface area (TPSA) is 95.9 Å². The van der Waals surface area contributed by atoms with Crippen LogP contribution in [0.15, 0.2) is 48.5 Å². The highest BCUT2D eigenvalue weighted by Gasteiger charge is 2.40. The summed E-state index contributed by atoms with van der Waals surface area (Å²) in [6, 6.07) is 15.5. The second-order valence-electron chi connectivity index (χ2n) is 8.84. The van der Waals surface area contributed by atoms with Crippen molar-refractivity contribution in [3.63, 3.8) is 0 Å². The van der Waals surface area contributed by atoms with Gasteiger partial charge in [-0.2, -0.15) is 0 Å². The summed E-state index contributed by atoms with van der Waals surface area (Å²) < 4.78 is 5.62. The van der Waals surface area contributed by atoms with Gasteiger partial charge in [0.2, 0.25) is 5.91 Å². The molecule has 0 spiro atoms. The Balaban J connectivity index is 1.16. The molecular formula is C25H26N2O5S. The molecule has 0 aromatic heterocycles. The third-order valence-electron chi connectivity index (χ3n) is 6.90. The van der Waals surface area contributed by atoms with Crippen molar-refractivity contribution in [1.82, 2.24) is 10.2 Å². The number of amides is 2. The highest BCUT2D eigenvalue weighted by Crippen LogP contribution is 2.44. The predicted molar refractivity (Wildman–Crippen MR) is 125 cm³/mol. The van der Waals surface area contributed by atoms with E-state index in [0.29, 0.717) is 30.9 Å². The summed E-state index contributed by atoms with van der Waals surface area (Å²) in [6.07, 6.45) is 1.35. The number of aliphatic carboxylic acids is 1. The zero-order chi connectivity index (χ0) is 22.9. The summed E-state index contributed by atoms with van der Waals surface area (Å²) in [5, 5.41) is 12.2. The molecule has 5 rings (SSSR count). The van der Waals surface area contributed by atoms with Crippen LogP contribution in [0.3, 0.4) is 0 Å². The van der Waals surface area contributed by atoms with Gasteiger partial charge in [-0.3, -0.25) is 4.79 Å². The van der Waals surface area contributed by atoms with Gasteiger partial charge in [0.05, 0.1) is 5.88 Å². The summed E-state index contributed by atoms with van der Waals surface area (Å²) in [5.74, 6) is -0.499. The van der Waals surface area contributed by atoms with Gasteiger partial charge in [-0.25, -0.2) is 9.59 Å². The minimum absolute atomic E-state index is 0.00155. The quantitative estimate of drug-likeness (QED) is 0.698. The largest absolute Gasteiger partial charge is 0.480 e. The smallest absolute Gasteiger partial charge is 0.407 e. The van der Waals surface area contributed by atoms with Crippen molar-refractivity contribution in [3.8, 4) is 11.1 Å². The van der Waals surface area contributed by atoms with Crippen molar-refractivity contribution < 1.29 is 24.2 Å². The average Bonchev–Trinajstić information content (AvgIpc) is 3.55. The minimum Gasteiger partial charge on any atom is -0.480 e. The number of ether oxygens (including phenoxy) is 1. The first-order valence-corrected chi connectivity index (χ1v) is 12.4. The summed E-state index contributed by atoms with van der Waals surface area (Å²) >= 11 is 1.46. The van der Waals surface area contributed by atoms with Crippen LogP contribution in [-0.2, 0) is 14.3 Å². The Kier molecular flexibility index (Phi) is 6.01. The van der Waals surface area contributed by atoms with Crippen molar-refractivity contribution in [1.29, 1.82) is 0 Å². The number of carboxylic acid groups (broad SMARTS) is 1. The number of nitrogens with one attached hydrogen (secondary N) is 1. The van der Waals surface area contributed by atoms with E-state index in [9.17, 15) is 19.5 Å². The Bertz CT molecular complexity index is 1040. The molecule has 2 N–H and O–H groups in total. The van der Waals surface area contributed by atoms with Gasteiger partial charge < -0.3 is 20.1 Å². The number of benzene rings is 2. The van der Waals surface area contributed by atoms with Crippen LogP contribution in [0.25, 0.3) is 11.1 Å². The fraction of sp³-hybridized carbons (Fsp3) is 0.400. The van der Waals surface area contributed by atoms with E-state index >= 15 is 0 Å². The summed E-state index contributed by atoms with van der Waals surface area (Å²) in [7, 11) is 0. The molecule has 8 heteroatoms. The lowest BCUT2D eigenvalue weighted by molar-refractivity contribution is -0.149. The van der Waals surface area contributed by atoms with Crippen LogP contribution in [0, 0.1) is 5.92 Å². The molecule has 1 unspecified atom stereocenters. The monoisotopic (exact) mass is 466 g/mol. The lowest BCUT2D eigenvalue weighted by atomic mass is 9.98. The minimum atomic E-state index is -0.959. The first-order valence-electron chi connectivity index (χ1n) is 11.3. The number of hydrogen-bond acceptors (Lipinski definition) is 5. The molecule has 7 nitrogen and oxygen atoms in total. The molecule has 2 aliphatic carbocycles. The van der Waals surface area contributed by atoms with Gasteiger partial charge in [0.25, 0.3) is 0 Å².